The van der Waals surface area contributed by atoms with Crippen LogP contribution in [-0.2, 0) is 29.7 Å². The van der Waals surface area contributed by atoms with E-state index in [-0.39, 0.29) is 22.2 Å². The summed E-state index contributed by atoms with van der Waals surface area (Å²) in [5.74, 6) is 0.796. The number of nitrogens with one attached hydrogen (secondary N) is 1. The number of nitrogens with two attached hydrogens (primary N) is 1. The summed E-state index contributed by atoms with van der Waals surface area (Å²) in [5, 5.41) is 3.94. The molecule has 2 aliphatic carbocycles. The Morgan fingerprint density at radius 3 is 2.37 bits per heavy atom. The van der Waals surface area contributed by atoms with E-state index in [2.05, 4.69) is 10.5 Å². The van der Waals surface area contributed by atoms with E-state index in [9.17, 15) is 0 Å². The zero-order valence-corrected chi connectivity index (χ0v) is 16.8. The first kappa shape index (κ1) is 22.6. The van der Waals surface area contributed by atoms with Gasteiger partial charge in [0.15, 0.2) is 0 Å². The van der Waals surface area contributed by atoms with E-state index in [1.807, 2.05) is 92.1 Å². The van der Waals surface area contributed by atoms with E-state index in [0.717, 1.165) is 22.6 Å². The predicted octanol–water partition coefficient (Wildman–Crippen LogP) is 3.62. The molecule has 0 amide bonds. The van der Waals surface area contributed by atoms with Crippen LogP contribution in [0.15, 0.2) is 83.5 Å². The van der Waals surface area contributed by atoms with Crippen LogP contribution in [0.5, 0.6) is 5.75 Å². The van der Waals surface area contributed by atoms with Crippen molar-refractivity contribution in [2.75, 3.05) is 7.11 Å². The van der Waals surface area contributed by atoms with Crippen molar-refractivity contribution in [2.24, 2.45) is 10.8 Å². The Morgan fingerprint density at radius 2 is 1.89 bits per heavy atom. The molecule has 3 rings (SSSR count). The summed E-state index contributed by atoms with van der Waals surface area (Å²) in [6.45, 7) is 0. The number of amidine groups is 1. The van der Waals surface area contributed by atoms with Crippen molar-refractivity contribution >= 4 is 23.5 Å². The molecule has 0 atom stereocenters. The monoisotopic (exact) mass is 419 g/mol. The number of hydrogen-bond acceptors (Lipinski definition) is 4. The maximum absolute atomic E-state index is 5.40. The molecule has 0 spiro atoms. The standard InChI is InChI=1S/C16H17N3OS.C5H5.Fe/c1-20-14-9-7-13(8-10-14)15(18-19-16(17)21)11-6-12-4-2-3-5-12;1-2-4-5-3-1;/h2-11,18H,1H3,(H3,17,19,21);1-5H;/q;-1;+2/p-1/b15-11-;;. The number of hydrogen-bond donors (Lipinski definition) is 2. The van der Waals surface area contributed by atoms with Gasteiger partial charge in [-0.2, -0.15) is 5.10 Å². The second-order valence-corrected chi connectivity index (χ2v) is 5.64. The van der Waals surface area contributed by atoms with Gasteiger partial charge >= 0.3 is 17.1 Å². The third-order valence-corrected chi connectivity index (χ3v) is 3.47. The Kier molecular flexibility index (Phi) is 10.8. The van der Waals surface area contributed by atoms with Crippen LogP contribution in [0.25, 0.3) is 5.70 Å². The molecule has 0 aliphatic heterocycles. The minimum absolute atomic E-state index is 0. The average molecular weight is 419 g/mol. The molecule has 4 nitrogen and oxygen atoms in total. The van der Waals surface area contributed by atoms with Gasteiger partial charge in [-0.3, -0.25) is 5.43 Å². The van der Waals surface area contributed by atoms with Crippen LogP contribution in [0.2, 0.25) is 0 Å². The molecule has 0 aromatic heterocycles. The van der Waals surface area contributed by atoms with Gasteiger partial charge in [-0.05, 0) is 46.6 Å². The molecule has 0 fully saturated rings. The van der Waals surface area contributed by atoms with Gasteiger partial charge in [0, 0.05) is 0 Å². The van der Waals surface area contributed by atoms with Gasteiger partial charge in [0.2, 0.25) is 0 Å². The first-order chi connectivity index (χ1) is 12.7. The maximum Gasteiger partial charge on any atom is 2.00 e. The quantitative estimate of drug-likeness (QED) is 0.191. The van der Waals surface area contributed by atoms with Crippen molar-refractivity contribution in [1.29, 1.82) is 0 Å². The van der Waals surface area contributed by atoms with Crippen molar-refractivity contribution in [2.45, 2.75) is 0 Å². The van der Waals surface area contributed by atoms with Crippen LogP contribution in [-0.4, -0.2) is 12.3 Å². The van der Waals surface area contributed by atoms with Crippen molar-refractivity contribution in [1.82, 2.24) is 5.43 Å². The van der Waals surface area contributed by atoms with Gasteiger partial charge in [0.1, 0.15) is 5.75 Å². The minimum Gasteiger partial charge on any atom is -0.741 e. The fourth-order valence-electron chi connectivity index (χ4n) is 2.08. The van der Waals surface area contributed by atoms with E-state index in [4.69, 9.17) is 23.1 Å². The summed E-state index contributed by atoms with van der Waals surface area (Å²) in [5.41, 5.74) is 11.1. The molecule has 0 unspecified atom stereocenters. The molecular formula is C21H21FeN3OS. The van der Waals surface area contributed by atoms with Gasteiger partial charge in [0.25, 0.3) is 0 Å². The molecule has 2 aliphatic rings. The second kappa shape index (κ2) is 12.9. The Bertz CT molecular complexity index is 738. The first-order valence-electron chi connectivity index (χ1n) is 8.03. The van der Waals surface area contributed by atoms with Crippen molar-refractivity contribution in [3.63, 3.8) is 0 Å². The Balaban J connectivity index is 0.000000526. The van der Waals surface area contributed by atoms with Crippen molar-refractivity contribution < 1.29 is 21.8 Å². The second-order valence-electron chi connectivity index (χ2n) is 5.22. The molecule has 3 N–H and O–H groups in total. The zero-order chi connectivity index (χ0) is 18.6. The smallest absolute Gasteiger partial charge is 0.741 e. The molecule has 2 radical (unpaired) electrons. The molecule has 6 heteroatoms. The molecule has 1 aromatic rings. The van der Waals surface area contributed by atoms with Crippen LogP contribution in [0, 0.1) is 19.3 Å². The summed E-state index contributed by atoms with van der Waals surface area (Å²) in [7, 11) is 1.63. The van der Waals surface area contributed by atoms with Crippen LogP contribution < -0.4 is 15.9 Å². The number of ether oxygens (including phenoxy) is 1. The fourth-order valence-corrected chi connectivity index (χ4v) is 2.13. The molecule has 0 heterocycles. The molecule has 27 heavy (non-hydrogen) atoms. The predicted molar refractivity (Wildman–Crippen MR) is 111 cm³/mol. The Labute approximate surface area is 177 Å². The largest absolute Gasteiger partial charge is 2.00 e. The van der Waals surface area contributed by atoms with Crippen LogP contribution in [0.1, 0.15) is 5.56 Å². The Hall–Kier alpha value is -2.40. The molecule has 140 valence electrons. The number of hydrazone groups is 1. The third kappa shape index (κ3) is 8.69. The third-order valence-electron chi connectivity index (χ3n) is 3.37. The molecule has 0 bridgehead atoms. The SMILES string of the molecule is COc1ccc(/C(=C/C=C2C=CC=C2)N/N=C(\N)[S-])cc1.[CH]1[CH][CH-]C=C1.[Fe+2]. The van der Waals surface area contributed by atoms with E-state index >= 15 is 0 Å². The van der Waals surface area contributed by atoms with Gasteiger partial charge in [-0.25, -0.2) is 18.6 Å². The fraction of sp³-hybridized carbons (Fsp3) is 0.0476. The Morgan fingerprint density at radius 1 is 1.19 bits per heavy atom. The minimum atomic E-state index is 0. The van der Waals surface area contributed by atoms with Crippen LogP contribution >= 0.6 is 0 Å². The number of benzene rings is 1. The van der Waals surface area contributed by atoms with Gasteiger partial charge < -0.3 is 23.1 Å². The van der Waals surface area contributed by atoms with Gasteiger partial charge in [-0.15, -0.1) is 12.8 Å². The summed E-state index contributed by atoms with van der Waals surface area (Å²) in [6, 6.07) is 7.64. The first-order valence-corrected chi connectivity index (χ1v) is 8.44. The molecule has 1 aromatic carbocycles. The van der Waals surface area contributed by atoms with E-state index in [1.165, 1.54) is 0 Å². The molecule has 0 saturated heterocycles. The number of methoxy groups -OCH3 is 1. The summed E-state index contributed by atoms with van der Waals surface area (Å²) in [6.07, 6.45) is 21.9. The summed E-state index contributed by atoms with van der Waals surface area (Å²) < 4.78 is 5.15. The summed E-state index contributed by atoms with van der Waals surface area (Å²) >= 11 is 4.76. The van der Waals surface area contributed by atoms with E-state index < -0.39 is 0 Å². The van der Waals surface area contributed by atoms with Gasteiger partial charge in [0.05, 0.1) is 12.8 Å². The zero-order valence-electron chi connectivity index (χ0n) is 14.9. The molecule has 0 saturated carbocycles. The van der Waals surface area contributed by atoms with Crippen molar-refractivity contribution in [3.05, 3.63) is 103 Å². The maximum atomic E-state index is 5.40. The number of allylic oxidation sites excluding steroid dienone is 9. The number of rotatable bonds is 5. The van der Waals surface area contributed by atoms with Gasteiger partial charge in [-0.1, -0.05) is 30.4 Å². The van der Waals surface area contributed by atoms with Crippen LogP contribution in [0.4, 0.5) is 0 Å². The average Bonchev–Trinajstić information content (AvgIpc) is 3.38. The van der Waals surface area contributed by atoms with E-state index in [0.29, 0.717) is 0 Å². The van der Waals surface area contributed by atoms with Crippen molar-refractivity contribution in [3.8, 4) is 5.75 Å². The molecular weight excluding hydrogens is 398 g/mol. The normalized spacial score (nSPS) is 14.8. The number of nitrogens with zero attached hydrogens (tertiary/aromatic N) is 1. The van der Waals surface area contributed by atoms with E-state index in [1.54, 1.807) is 7.11 Å². The summed E-state index contributed by atoms with van der Waals surface area (Å²) in [4.78, 5) is 0. The van der Waals surface area contributed by atoms with Crippen LogP contribution in [0.3, 0.4) is 0 Å². The topological polar surface area (TPSA) is 59.6 Å².